The minimum atomic E-state index is -0.00984. The van der Waals surface area contributed by atoms with Gasteiger partial charge < -0.3 is 14.9 Å². The van der Waals surface area contributed by atoms with Gasteiger partial charge in [-0.2, -0.15) is 0 Å². The lowest BCUT2D eigenvalue weighted by molar-refractivity contribution is 0.137. The molecular formula is C12H18O3. The van der Waals surface area contributed by atoms with Crippen LogP contribution in [-0.2, 0) is 0 Å². The van der Waals surface area contributed by atoms with Gasteiger partial charge in [0.05, 0.1) is 6.61 Å². The lowest BCUT2D eigenvalue weighted by Crippen LogP contribution is -2.12. The number of rotatable bonds is 7. The molecule has 0 aliphatic carbocycles. The Morgan fingerprint density at radius 3 is 2.33 bits per heavy atom. The summed E-state index contributed by atoms with van der Waals surface area (Å²) in [6.07, 6.45) is 1.64. The highest BCUT2D eigenvalue weighted by molar-refractivity contribution is 5.20. The molecule has 0 aromatic heterocycles. The van der Waals surface area contributed by atoms with Crippen LogP contribution in [-0.4, -0.2) is 30.0 Å². The molecule has 2 N–H and O–H groups in total. The first-order valence-corrected chi connectivity index (χ1v) is 5.26. The van der Waals surface area contributed by atoms with E-state index < -0.39 is 0 Å². The van der Waals surface area contributed by atoms with Gasteiger partial charge >= 0.3 is 0 Å². The first-order valence-electron chi connectivity index (χ1n) is 5.26. The van der Waals surface area contributed by atoms with E-state index >= 15 is 0 Å². The van der Waals surface area contributed by atoms with E-state index in [1.54, 1.807) is 0 Å². The van der Waals surface area contributed by atoms with Gasteiger partial charge in [0, 0.05) is 19.1 Å². The molecule has 0 bridgehead atoms. The van der Waals surface area contributed by atoms with Gasteiger partial charge in [-0.25, -0.2) is 0 Å². The maximum Gasteiger partial charge on any atom is 0.119 e. The first-order chi connectivity index (χ1) is 7.36. The van der Waals surface area contributed by atoms with Crippen LogP contribution in [0.4, 0.5) is 0 Å². The average Bonchev–Trinajstić information content (AvgIpc) is 2.31. The van der Waals surface area contributed by atoms with Gasteiger partial charge in [-0.15, -0.1) is 0 Å². The fourth-order valence-corrected chi connectivity index (χ4v) is 1.32. The smallest absolute Gasteiger partial charge is 0.119 e. The first kappa shape index (κ1) is 12.0. The maximum atomic E-state index is 8.84. The molecule has 84 valence electrons. The zero-order valence-corrected chi connectivity index (χ0v) is 8.80. The fourth-order valence-electron chi connectivity index (χ4n) is 1.32. The minimum Gasteiger partial charge on any atom is -0.494 e. The predicted octanol–water partition coefficient (Wildman–Crippen LogP) is 1.45. The van der Waals surface area contributed by atoms with Crippen molar-refractivity contribution in [2.75, 3.05) is 19.8 Å². The second-order valence-electron chi connectivity index (χ2n) is 3.53. The molecule has 0 fully saturated rings. The molecule has 0 aliphatic heterocycles. The van der Waals surface area contributed by atoms with E-state index in [-0.39, 0.29) is 19.1 Å². The third-order valence-corrected chi connectivity index (χ3v) is 2.29. The summed E-state index contributed by atoms with van der Waals surface area (Å²) in [6.45, 7) is 0.712. The number of ether oxygens (including phenoxy) is 1. The van der Waals surface area contributed by atoms with Crippen LogP contribution in [0, 0.1) is 5.92 Å². The largest absolute Gasteiger partial charge is 0.494 e. The van der Waals surface area contributed by atoms with Gasteiger partial charge in [-0.05, 0) is 25.0 Å². The van der Waals surface area contributed by atoms with Crippen molar-refractivity contribution in [1.29, 1.82) is 0 Å². The zero-order chi connectivity index (χ0) is 10.9. The van der Waals surface area contributed by atoms with Crippen LogP contribution in [0.25, 0.3) is 0 Å². The minimum absolute atomic E-state index is 0.00984. The van der Waals surface area contributed by atoms with E-state index in [0.29, 0.717) is 6.61 Å². The lowest BCUT2D eigenvalue weighted by atomic mass is 10.1. The van der Waals surface area contributed by atoms with Gasteiger partial charge in [-0.1, -0.05) is 18.2 Å². The van der Waals surface area contributed by atoms with Crippen molar-refractivity contribution < 1.29 is 14.9 Å². The molecule has 15 heavy (non-hydrogen) atoms. The van der Waals surface area contributed by atoms with Gasteiger partial charge in [0.15, 0.2) is 0 Å². The summed E-state index contributed by atoms with van der Waals surface area (Å²) in [5.74, 6) is 0.853. The van der Waals surface area contributed by atoms with Crippen LogP contribution in [0.2, 0.25) is 0 Å². The Morgan fingerprint density at radius 1 is 1.07 bits per heavy atom. The van der Waals surface area contributed by atoms with Crippen molar-refractivity contribution in [3.8, 4) is 5.75 Å². The van der Waals surface area contributed by atoms with E-state index in [9.17, 15) is 0 Å². The molecule has 0 amide bonds. The summed E-state index contributed by atoms with van der Waals surface area (Å²) in [5.41, 5.74) is 0. The molecule has 1 aromatic rings. The van der Waals surface area contributed by atoms with Gasteiger partial charge in [0.2, 0.25) is 0 Å². The van der Waals surface area contributed by atoms with Crippen LogP contribution in [0.3, 0.4) is 0 Å². The molecule has 1 rings (SSSR count). The van der Waals surface area contributed by atoms with Crippen molar-refractivity contribution in [3.63, 3.8) is 0 Å². The number of hydrogen-bond acceptors (Lipinski definition) is 3. The van der Waals surface area contributed by atoms with Crippen molar-refractivity contribution in [1.82, 2.24) is 0 Å². The zero-order valence-electron chi connectivity index (χ0n) is 8.80. The Morgan fingerprint density at radius 2 is 1.73 bits per heavy atom. The van der Waals surface area contributed by atoms with E-state index in [1.165, 1.54) is 0 Å². The Balaban J connectivity index is 2.12. The molecular weight excluding hydrogens is 192 g/mol. The Bertz CT molecular complexity index is 244. The Labute approximate surface area is 90.3 Å². The van der Waals surface area contributed by atoms with Crippen LogP contribution in [0.15, 0.2) is 30.3 Å². The average molecular weight is 210 g/mol. The van der Waals surface area contributed by atoms with Crippen LogP contribution in [0.5, 0.6) is 5.75 Å². The van der Waals surface area contributed by atoms with E-state index in [4.69, 9.17) is 14.9 Å². The standard InChI is InChI=1S/C12H18O3/c13-9-11(10-14)5-4-8-15-12-6-2-1-3-7-12/h1-3,6-7,11,13-14H,4-5,8-10H2. The molecule has 0 heterocycles. The summed E-state index contributed by atoms with van der Waals surface area (Å²) in [4.78, 5) is 0. The maximum absolute atomic E-state index is 8.84. The topological polar surface area (TPSA) is 49.7 Å². The molecule has 3 nitrogen and oxygen atoms in total. The molecule has 0 atom stereocenters. The molecule has 0 saturated heterocycles. The van der Waals surface area contributed by atoms with Crippen LogP contribution in [0.1, 0.15) is 12.8 Å². The van der Waals surface area contributed by atoms with E-state index in [1.807, 2.05) is 30.3 Å². The normalized spacial score (nSPS) is 10.6. The third kappa shape index (κ3) is 4.81. The third-order valence-electron chi connectivity index (χ3n) is 2.29. The summed E-state index contributed by atoms with van der Waals surface area (Å²) < 4.78 is 5.48. The van der Waals surface area contributed by atoms with Crippen molar-refractivity contribution in [3.05, 3.63) is 30.3 Å². The number of hydrogen-bond donors (Lipinski definition) is 2. The van der Waals surface area contributed by atoms with Crippen LogP contribution < -0.4 is 4.74 Å². The molecule has 0 unspecified atom stereocenters. The second kappa shape index (κ2) is 7.26. The van der Waals surface area contributed by atoms with Crippen LogP contribution >= 0.6 is 0 Å². The lowest BCUT2D eigenvalue weighted by Gasteiger charge is -2.10. The molecule has 0 radical (unpaired) electrons. The monoisotopic (exact) mass is 210 g/mol. The summed E-state index contributed by atoms with van der Waals surface area (Å²) in [6, 6.07) is 9.63. The Kier molecular flexibility index (Phi) is 5.81. The fraction of sp³-hybridized carbons (Fsp3) is 0.500. The number of para-hydroxylation sites is 1. The predicted molar refractivity (Wildman–Crippen MR) is 58.8 cm³/mol. The molecule has 1 aromatic carbocycles. The SMILES string of the molecule is OCC(CO)CCCOc1ccccc1. The van der Waals surface area contributed by atoms with E-state index in [0.717, 1.165) is 18.6 Å². The van der Waals surface area contributed by atoms with Crippen molar-refractivity contribution in [2.24, 2.45) is 5.92 Å². The van der Waals surface area contributed by atoms with Crippen molar-refractivity contribution >= 4 is 0 Å². The quantitative estimate of drug-likeness (QED) is 0.670. The van der Waals surface area contributed by atoms with Gasteiger partial charge in [0.1, 0.15) is 5.75 Å². The molecule has 0 spiro atoms. The highest BCUT2D eigenvalue weighted by Gasteiger charge is 2.04. The Hall–Kier alpha value is -1.06. The summed E-state index contributed by atoms with van der Waals surface area (Å²) in [5, 5.41) is 17.7. The highest BCUT2D eigenvalue weighted by atomic mass is 16.5. The highest BCUT2D eigenvalue weighted by Crippen LogP contribution is 2.10. The van der Waals surface area contributed by atoms with Gasteiger partial charge in [-0.3, -0.25) is 0 Å². The molecule has 0 saturated carbocycles. The number of aliphatic hydroxyl groups is 2. The molecule has 3 heteroatoms. The number of benzene rings is 1. The number of aliphatic hydroxyl groups excluding tert-OH is 2. The molecule has 0 aliphatic rings. The van der Waals surface area contributed by atoms with Crippen molar-refractivity contribution in [2.45, 2.75) is 12.8 Å². The second-order valence-corrected chi connectivity index (χ2v) is 3.53. The summed E-state index contributed by atoms with van der Waals surface area (Å²) >= 11 is 0. The van der Waals surface area contributed by atoms with E-state index in [2.05, 4.69) is 0 Å². The summed E-state index contributed by atoms with van der Waals surface area (Å²) in [7, 11) is 0. The van der Waals surface area contributed by atoms with Gasteiger partial charge in [0.25, 0.3) is 0 Å².